The highest BCUT2D eigenvalue weighted by Gasteiger charge is 2.14. The van der Waals surface area contributed by atoms with Crippen LogP contribution < -0.4 is 10.1 Å². The smallest absolute Gasteiger partial charge is 0.229 e. The van der Waals surface area contributed by atoms with Crippen molar-refractivity contribution in [2.75, 3.05) is 31.6 Å². The van der Waals surface area contributed by atoms with Gasteiger partial charge in [-0.25, -0.2) is 9.97 Å². The van der Waals surface area contributed by atoms with E-state index < -0.39 is 0 Å². The number of aromatic nitrogens is 5. The molecule has 1 N–H and O–H groups in total. The first-order valence-corrected chi connectivity index (χ1v) is 11.7. The van der Waals surface area contributed by atoms with Crippen molar-refractivity contribution >= 4 is 22.8 Å². The number of nitrogens with zero attached hydrogens (tertiary/aromatic N) is 6. The average molecular weight is 444 g/mol. The van der Waals surface area contributed by atoms with Gasteiger partial charge in [-0.05, 0) is 69.3 Å². The number of nitrogens with one attached hydrogen (secondary N) is 1. The van der Waals surface area contributed by atoms with E-state index in [0.29, 0.717) is 12.6 Å². The molecule has 3 aromatic heterocycles. The zero-order valence-electron chi connectivity index (χ0n) is 18.9. The first-order chi connectivity index (χ1) is 16.3. The second-order valence-corrected chi connectivity index (χ2v) is 8.22. The van der Waals surface area contributed by atoms with Crippen LogP contribution in [0.4, 0.5) is 11.6 Å². The lowest BCUT2D eigenvalue weighted by Gasteiger charge is -2.26. The van der Waals surface area contributed by atoms with Crippen LogP contribution in [0.5, 0.6) is 5.75 Å². The van der Waals surface area contributed by atoms with Crippen molar-refractivity contribution in [2.24, 2.45) is 0 Å². The number of rotatable bonds is 8. The van der Waals surface area contributed by atoms with Crippen LogP contribution in [-0.2, 0) is 6.54 Å². The molecule has 1 aliphatic heterocycles. The van der Waals surface area contributed by atoms with E-state index in [4.69, 9.17) is 14.7 Å². The molecule has 1 aliphatic rings. The van der Waals surface area contributed by atoms with Gasteiger partial charge in [-0.3, -0.25) is 9.88 Å². The van der Waals surface area contributed by atoms with E-state index in [0.717, 1.165) is 47.1 Å². The number of fused-ring (bicyclic) bond motifs is 1. The molecule has 4 heterocycles. The Morgan fingerprint density at radius 3 is 2.52 bits per heavy atom. The van der Waals surface area contributed by atoms with Gasteiger partial charge in [0.2, 0.25) is 5.95 Å². The van der Waals surface area contributed by atoms with Crippen LogP contribution in [-0.4, -0.2) is 55.6 Å². The van der Waals surface area contributed by atoms with Crippen molar-refractivity contribution in [3.8, 4) is 17.1 Å². The highest BCUT2D eigenvalue weighted by Crippen LogP contribution is 2.25. The summed E-state index contributed by atoms with van der Waals surface area (Å²) in [5, 5.41) is 3.29. The monoisotopic (exact) mass is 443 g/mol. The minimum Gasteiger partial charge on any atom is -0.492 e. The molecule has 0 spiro atoms. The number of benzene rings is 1. The number of aryl methyl sites for hydroxylation is 1. The number of anilines is 2. The van der Waals surface area contributed by atoms with Gasteiger partial charge in [0, 0.05) is 36.7 Å². The number of imidazole rings is 1. The van der Waals surface area contributed by atoms with Crippen molar-refractivity contribution in [3.63, 3.8) is 0 Å². The summed E-state index contributed by atoms with van der Waals surface area (Å²) >= 11 is 0. The molecule has 0 amide bonds. The SMILES string of the molecule is CCn1c(-c2ccncc2)nc2cnc(Nc3ccc(OCCN4CCCCC4)cc3)nc21. The quantitative estimate of drug-likeness (QED) is 0.429. The van der Waals surface area contributed by atoms with Crippen LogP contribution in [0.3, 0.4) is 0 Å². The Labute approximate surface area is 193 Å². The normalized spacial score (nSPS) is 14.5. The highest BCUT2D eigenvalue weighted by molar-refractivity contribution is 5.77. The first kappa shape index (κ1) is 21.3. The molecular formula is C25H29N7O. The third-order valence-electron chi connectivity index (χ3n) is 5.98. The van der Waals surface area contributed by atoms with Crippen LogP contribution in [0.25, 0.3) is 22.6 Å². The minimum atomic E-state index is 0.539. The van der Waals surface area contributed by atoms with Gasteiger partial charge in [0.15, 0.2) is 5.65 Å². The standard InChI is InChI=1S/C25H29N7O/c1-2-32-23(19-10-12-26-13-11-19)29-22-18-27-25(30-24(22)32)28-20-6-8-21(9-7-20)33-17-16-31-14-4-3-5-15-31/h6-13,18H,2-5,14-17H2,1H3,(H,27,28,30). The second kappa shape index (κ2) is 9.95. The maximum absolute atomic E-state index is 5.93. The molecule has 4 aromatic rings. The fourth-order valence-corrected chi connectivity index (χ4v) is 4.24. The van der Waals surface area contributed by atoms with Gasteiger partial charge in [-0.1, -0.05) is 6.42 Å². The molecule has 1 fully saturated rings. The lowest BCUT2D eigenvalue weighted by molar-refractivity contribution is 0.183. The molecule has 8 heteroatoms. The molecule has 0 atom stereocenters. The van der Waals surface area contributed by atoms with Crippen molar-refractivity contribution in [1.82, 2.24) is 29.4 Å². The maximum atomic E-state index is 5.93. The number of hydrogen-bond acceptors (Lipinski definition) is 7. The lowest BCUT2D eigenvalue weighted by atomic mass is 10.1. The highest BCUT2D eigenvalue weighted by atomic mass is 16.5. The van der Waals surface area contributed by atoms with E-state index in [1.165, 1.54) is 32.4 Å². The third-order valence-corrected chi connectivity index (χ3v) is 5.98. The molecule has 33 heavy (non-hydrogen) atoms. The largest absolute Gasteiger partial charge is 0.492 e. The number of piperidine rings is 1. The molecule has 1 aromatic carbocycles. The number of likely N-dealkylation sites (tertiary alicyclic amines) is 1. The Hall–Kier alpha value is -3.52. The number of ether oxygens (including phenoxy) is 1. The average Bonchev–Trinajstić information content (AvgIpc) is 3.24. The van der Waals surface area contributed by atoms with Crippen LogP contribution in [0.2, 0.25) is 0 Å². The van der Waals surface area contributed by atoms with E-state index in [-0.39, 0.29) is 0 Å². The van der Waals surface area contributed by atoms with E-state index in [2.05, 4.69) is 31.7 Å². The van der Waals surface area contributed by atoms with Crippen LogP contribution >= 0.6 is 0 Å². The number of pyridine rings is 1. The first-order valence-electron chi connectivity index (χ1n) is 11.7. The van der Waals surface area contributed by atoms with Crippen LogP contribution in [0.15, 0.2) is 55.0 Å². The minimum absolute atomic E-state index is 0.539. The Kier molecular flexibility index (Phi) is 6.44. The third kappa shape index (κ3) is 4.96. The van der Waals surface area contributed by atoms with E-state index >= 15 is 0 Å². The van der Waals surface area contributed by atoms with Gasteiger partial charge < -0.3 is 14.6 Å². The summed E-state index contributed by atoms with van der Waals surface area (Å²) in [5.74, 6) is 2.28. The summed E-state index contributed by atoms with van der Waals surface area (Å²) in [6, 6.07) is 11.8. The zero-order valence-corrected chi connectivity index (χ0v) is 18.9. The fourth-order valence-electron chi connectivity index (χ4n) is 4.24. The molecule has 0 unspecified atom stereocenters. The summed E-state index contributed by atoms with van der Waals surface area (Å²) in [6.45, 7) is 6.93. The summed E-state index contributed by atoms with van der Waals surface area (Å²) in [5.41, 5.74) is 3.50. The van der Waals surface area contributed by atoms with Gasteiger partial charge in [0.1, 0.15) is 23.7 Å². The molecule has 8 nitrogen and oxygen atoms in total. The van der Waals surface area contributed by atoms with Crippen molar-refractivity contribution in [2.45, 2.75) is 32.7 Å². The molecule has 0 aliphatic carbocycles. The molecule has 170 valence electrons. The Morgan fingerprint density at radius 1 is 0.970 bits per heavy atom. The zero-order chi connectivity index (χ0) is 22.5. The Balaban J connectivity index is 1.26. The molecule has 0 bridgehead atoms. The molecular weight excluding hydrogens is 414 g/mol. The van der Waals surface area contributed by atoms with E-state index in [1.807, 2.05) is 36.4 Å². The fraction of sp³-hybridized carbons (Fsp3) is 0.360. The van der Waals surface area contributed by atoms with Crippen molar-refractivity contribution < 1.29 is 4.74 Å². The van der Waals surface area contributed by atoms with Crippen molar-refractivity contribution in [3.05, 3.63) is 55.0 Å². The molecule has 0 radical (unpaired) electrons. The Morgan fingerprint density at radius 2 is 1.76 bits per heavy atom. The predicted molar refractivity (Wildman–Crippen MR) is 130 cm³/mol. The lowest BCUT2D eigenvalue weighted by Crippen LogP contribution is -2.33. The topological polar surface area (TPSA) is 81.0 Å². The van der Waals surface area contributed by atoms with Gasteiger partial charge in [0.05, 0.1) is 6.20 Å². The molecule has 0 saturated carbocycles. The summed E-state index contributed by atoms with van der Waals surface area (Å²) < 4.78 is 8.02. The van der Waals surface area contributed by atoms with Gasteiger partial charge in [-0.2, -0.15) is 4.98 Å². The summed E-state index contributed by atoms with van der Waals surface area (Å²) in [4.78, 5) is 20.5. The van der Waals surface area contributed by atoms with Gasteiger partial charge >= 0.3 is 0 Å². The second-order valence-electron chi connectivity index (χ2n) is 8.22. The van der Waals surface area contributed by atoms with Crippen LogP contribution in [0.1, 0.15) is 26.2 Å². The van der Waals surface area contributed by atoms with Crippen LogP contribution in [0, 0.1) is 0 Å². The van der Waals surface area contributed by atoms with Gasteiger partial charge in [0.25, 0.3) is 0 Å². The van der Waals surface area contributed by atoms with E-state index in [1.54, 1.807) is 18.6 Å². The maximum Gasteiger partial charge on any atom is 0.229 e. The predicted octanol–water partition coefficient (Wildman–Crippen LogP) is 4.52. The molecule has 5 rings (SSSR count). The summed E-state index contributed by atoms with van der Waals surface area (Å²) in [6.07, 6.45) is 9.27. The summed E-state index contributed by atoms with van der Waals surface area (Å²) in [7, 11) is 0. The van der Waals surface area contributed by atoms with E-state index in [9.17, 15) is 0 Å². The number of hydrogen-bond donors (Lipinski definition) is 1. The van der Waals surface area contributed by atoms with Crippen molar-refractivity contribution in [1.29, 1.82) is 0 Å². The van der Waals surface area contributed by atoms with Gasteiger partial charge in [-0.15, -0.1) is 0 Å². The Bertz CT molecular complexity index is 1180. The molecule has 1 saturated heterocycles.